The quantitative estimate of drug-likeness (QED) is 0.576. The predicted octanol–water partition coefficient (Wildman–Crippen LogP) is 4.69. The van der Waals surface area contributed by atoms with Crippen molar-refractivity contribution in [2.45, 2.75) is 6.92 Å². The molecule has 21 heavy (non-hydrogen) atoms. The van der Waals surface area contributed by atoms with Crippen LogP contribution in [-0.4, -0.2) is 11.5 Å². The summed E-state index contributed by atoms with van der Waals surface area (Å²) in [7, 11) is 0. The van der Waals surface area contributed by atoms with Gasteiger partial charge in [-0.25, -0.2) is 4.39 Å². The van der Waals surface area contributed by atoms with Gasteiger partial charge in [-0.05, 0) is 47.1 Å². The Balaban J connectivity index is 2.32. The Labute approximate surface area is 128 Å². The molecule has 5 nitrogen and oxygen atoms in total. The molecule has 0 radical (unpaired) electrons. The molecule has 2 aromatic rings. The molecule has 0 bridgehead atoms. The number of hydrogen-bond acceptors (Lipinski definition) is 4. The molecule has 0 saturated heterocycles. The van der Waals surface area contributed by atoms with Crippen molar-refractivity contribution >= 4 is 21.6 Å². The Morgan fingerprint density at radius 2 is 2.00 bits per heavy atom. The number of benzene rings is 2. The minimum absolute atomic E-state index is 0.123. The van der Waals surface area contributed by atoms with Gasteiger partial charge in [0.2, 0.25) is 5.75 Å². The van der Waals surface area contributed by atoms with Crippen molar-refractivity contribution in [2.24, 2.45) is 0 Å². The fourth-order valence-corrected chi connectivity index (χ4v) is 2.10. The molecular weight excluding hydrogens is 345 g/mol. The van der Waals surface area contributed by atoms with Gasteiger partial charge in [0.1, 0.15) is 17.3 Å². The van der Waals surface area contributed by atoms with Gasteiger partial charge in [0.05, 0.1) is 16.0 Å². The highest BCUT2D eigenvalue weighted by Gasteiger charge is 2.16. The standard InChI is InChI=1S/C14H11BrFNO4/c1-2-20-14-8-10(4-5-12(14)17(18)19)21-13-6-3-9(16)7-11(13)15/h3-8H,2H2,1H3. The first-order valence-electron chi connectivity index (χ1n) is 6.05. The minimum Gasteiger partial charge on any atom is -0.487 e. The van der Waals surface area contributed by atoms with Crippen molar-refractivity contribution in [3.8, 4) is 17.2 Å². The lowest BCUT2D eigenvalue weighted by Crippen LogP contribution is -1.98. The third-order valence-electron chi connectivity index (χ3n) is 2.55. The van der Waals surface area contributed by atoms with Crippen LogP contribution in [0.1, 0.15) is 6.92 Å². The largest absolute Gasteiger partial charge is 0.487 e. The lowest BCUT2D eigenvalue weighted by Gasteiger charge is -2.10. The van der Waals surface area contributed by atoms with Crippen LogP contribution in [0.2, 0.25) is 0 Å². The Hall–Kier alpha value is -2.15. The predicted molar refractivity (Wildman–Crippen MR) is 78.4 cm³/mol. The summed E-state index contributed by atoms with van der Waals surface area (Å²) in [6.45, 7) is 2.03. The molecule has 0 fully saturated rings. The van der Waals surface area contributed by atoms with E-state index >= 15 is 0 Å². The number of rotatable bonds is 5. The number of halogens is 2. The zero-order valence-electron chi connectivity index (χ0n) is 11.0. The van der Waals surface area contributed by atoms with Crippen LogP contribution in [-0.2, 0) is 0 Å². The first-order chi connectivity index (χ1) is 10.0. The van der Waals surface area contributed by atoms with Crippen molar-refractivity contribution in [3.05, 3.63) is 56.8 Å². The van der Waals surface area contributed by atoms with Gasteiger partial charge in [0.25, 0.3) is 0 Å². The zero-order valence-corrected chi connectivity index (χ0v) is 12.6. The normalized spacial score (nSPS) is 10.2. The van der Waals surface area contributed by atoms with E-state index in [1.807, 2.05) is 0 Å². The van der Waals surface area contributed by atoms with Gasteiger partial charge in [-0.1, -0.05) is 0 Å². The van der Waals surface area contributed by atoms with Crippen molar-refractivity contribution in [3.63, 3.8) is 0 Å². The molecule has 7 heteroatoms. The smallest absolute Gasteiger partial charge is 0.311 e. The first-order valence-corrected chi connectivity index (χ1v) is 6.84. The van der Waals surface area contributed by atoms with E-state index in [0.29, 0.717) is 22.6 Å². The minimum atomic E-state index is -0.525. The molecule has 0 saturated carbocycles. The fourth-order valence-electron chi connectivity index (χ4n) is 1.66. The number of hydrogen-bond donors (Lipinski definition) is 0. The summed E-state index contributed by atoms with van der Waals surface area (Å²) in [5.74, 6) is 0.482. The second-order valence-electron chi connectivity index (χ2n) is 4.00. The molecule has 0 spiro atoms. The molecule has 0 unspecified atom stereocenters. The van der Waals surface area contributed by atoms with Gasteiger partial charge in [0, 0.05) is 12.1 Å². The van der Waals surface area contributed by atoms with Crippen LogP contribution in [0.25, 0.3) is 0 Å². The first kappa shape index (κ1) is 15.2. The average molecular weight is 356 g/mol. The lowest BCUT2D eigenvalue weighted by atomic mass is 10.2. The van der Waals surface area contributed by atoms with E-state index in [1.165, 1.54) is 36.4 Å². The van der Waals surface area contributed by atoms with E-state index in [-0.39, 0.29) is 11.4 Å². The maximum atomic E-state index is 13.0. The van der Waals surface area contributed by atoms with Gasteiger partial charge >= 0.3 is 5.69 Å². The van der Waals surface area contributed by atoms with Crippen LogP contribution in [0.5, 0.6) is 17.2 Å². The van der Waals surface area contributed by atoms with Crippen LogP contribution in [0.3, 0.4) is 0 Å². The van der Waals surface area contributed by atoms with Gasteiger partial charge in [-0.3, -0.25) is 10.1 Å². The van der Waals surface area contributed by atoms with Gasteiger partial charge in [0.15, 0.2) is 0 Å². The van der Waals surface area contributed by atoms with Gasteiger partial charge in [-0.2, -0.15) is 0 Å². The SMILES string of the molecule is CCOc1cc(Oc2ccc(F)cc2Br)ccc1[N+](=O)[O-]. The molecule has 0 aliphatic heterocycles. The highest BCUT2D eigenvalue weighted by atomic mass is 79.9. The van der Waals surface area contributed by atoms with Crippen LogP contribution < -0.4 is 9.47 Å². The molecule has 0 aliphatic rings. The summed E-state index contributed by atoms with van der Waals surface area (Å²) in [5.41, 5.74) is -0.137. The maximum Gasteiger partial charge on any atom is 0.311 e. The lowest BCUT2D eigenvalue weighted by molar-refractivity contribution is -0.385. The summed E-state index contributed by atoms with van der Waals surface area (Å²) in [6, 6.07) is 8.17. The number of nitro benzene ring substituents is 1. The number of nitrogens with zero attached hydrogens (tertiary/aromatic N) is 1. The molecule has 0 aromatic heterocycles. The average Bonchev–Trinajstić information content (AvgIpc) is 2.42. The molecule has 2 aromatic carbocycles. The Morgan fingerprint density at radius 1 is 1.24 bits per heavy atom. The van der Waals surface area contributed by atoms with Crippen molar-refractivity contribution in [2.75, 3.05) is 6.61 Å². The fraction of sp³-hybridized carbons (Fsp3) is 0.143. The molecule has 0 heterocycles. The molecule has 0 atom stereocenters. The molecule has 2 rings (SSSR count). The second kappa shape index (κ2) is 6.53. The van der Waals surface area contributed by atoms with Crippen molar-refractivity contribution in [1.82, 2.24) is 0 Å². The van der Waals surface area contributed by atoms with E-state index < -0.39 is 10.7 Å². The Kier molecular flexibility index (Phi) is 4.74. The van der Waals surface area contributed by atoms with E-state index in [1.54, 1.807) is 6.92 Å². The molecule has 0 aliphatic carbocycles. The van der Waals surface area contributed by atoms with Gasteiger partial charge in [-0.15, -0.1) is 0 Å². The van der Waals surface area contributed by atoms with Gasteiger partial charge < -0.3 is 9.47 Å². The van der Waals surface area contributed by atoms with Crippen LogP contribution >= 0.6 is 15.9 Å². The van der Waals surface area contributed by atoms with E-state index in [0.717, 1.165) is 0 Å². The summed E-state index contributed by atoms with van der Waals surface area (Å²) in [6.07, 6.45) is 0. The number of nitro groups is 1. The molecular formula is C14H11BrFNO4. The topological polar surface area (TPSA) is 61.6 Å². The Morgan fingerprint density at radius 3 is 2.62 bits per heavy atom. The molecule has 110 valence electrons. The van der Waals surface area contributed by atoms with E-state index in [4.69, 9.17) is 9.47 Å². The monoisotopic (exact) mass is 355 g/mol. The summed E-state index contributed by atoms with van der Waals surface area (Å²) in [4.78, 5) is 10.4. The zero-order chi connectivity index (χ0) is 15.4. The second-order valence-corrected chi connectivity index (χ2v) is 4.85. The Bertz CT molecular complexity index is 678. The van der Waals surface area contributed by atoms with E-state index in [9.17, 15) is 14.5 Å². The molecule has 0 N–H and O–H groups in total. The highest BCUT2D eigenvalue weighted by Crippen LogP contribution is 2.35. The maximum absolute atomic E-state index is 13.0. The van der Waals surface area contributed by atoms with Crippen molar-refractivity contribution in [1.29, 1.82) is 0 Å². The summed E-state index contributed by atoms with van der Waals surface area (Å²) >= 11 is 3.19. The van der Waals surface area contributed by atoms with Crippen LogP contribution in [0.15, 0.2) is 40.9 Å². The third kappa shape index (κ3) is 3.69. The van der Waals surface area contributed by atoms with Crippen molar-refractivity contribution < 1.29 is 18.8 Å². The summed E-state index contributed by atoms with van der Waals surface area (Å²) in [5, 5.41) is 10.9. The number of ether oxygens (including phenoxy) is 2. The summed E-state index contributed by atoms with van der Waals surface area (Å²) < 4.78 is 24.3. The third-order valence-corrected chi connectivity index (χ3v) is 3.17. The highest BCUT2D eigenvalue weighted by molar-refractivity contribution is 9.10. The molecule has 0 amide bonds. The van der Waals surface area contributed by atoms with E-state index in [2.05, 4.69) is 15.9 Å². The van der Waals surface area contributed by atoms with Crippen LogP contribution in [0, 0.1) is 15.9 Å². The van der Waals surface area contributed by atoms with Crippen LogP contribution in [0.4, 0.5) is 10.1 Å².